The zero-order valence-corrected chi connectivity index (χ0v) is 12.9. The van der Waals surface area contributed by atoms with Crippen molar-refractivity contribution in [2.24, 2.45) is 0 Å². The van der Waals surface area contributed by atoms with Gasteiger partial charge in [0.25, 0.3) is 0 Å². The second-order valence-corrected chi connectivity index (χ2v) is 6.52. The van der Waals surface area contributed by atoms with Crippen LogP contribution in [0.1, 0.15) is 30.4 Å². The van der Waals surface area contributed by atoms with Crippen LogP contribution in [-0.4, -0.2) is 16.2 Å². The molecule has 104 valence electrons. The summed E-state index contributed by atoms with van der Waals surface area (Å²) in [5.41, 5.74) is 2.28. The molecule has 2 nitrogen and oxygen atoms in total. The van der Waals surface area contributed by atoms with E-state index >= 15 is 0 Å². The quantitative estimate of drug-likeness (QED) is 0.922. The number of benzene rings is 1. The van der Waals surface area contributed by atoms with Crippen molar-refractivity contribution in [3.05, 3.63) is 64.4 Å². The molecule has 1 aromatic heterocycles. The molecule has 1 aliphatic rings. The number of nitrogens with zero attached hydrogens (tertiary/aromatic N) is 1. The summed E-state index contributed by atoms with van der Waals surface area (Å²) in [4.78, 5) is 4.18. The molecule has 20 heavy (non-hydrogen) atoms. The minimum atomic E-state index is -0.352. The van der Waals surface area contributed by atoms with Gasteiger partial charge >= 0.3 is 0 Å². The van der Waals surface area contributed by atoms with Gasteiger partial charge in [-0.25, -0.2) is 0 Å². The van der Waals surface area contributed by atoms with Gasteiger partial charge in [0, 0.05) is 28.7 Å². The summed E-state index contributed by atoms with van der Waals surface area (Å²) in [6, 6.07) is 12.5. The number of hydrogen-bond donors (Lipinski definition) is 1. The molecule has 1 saturated carbocycles. The first-order chi connectivity index (χ1) is 9.71. The molecule has 1 N–H and O–H groups in total. The molecule has 0 radical (unpaired) electrons. The Labute approximate surface area is 128 Å². The van der Waals surface area contributed by atoms with Crippen molar-refractivity contribution < 1.29 is 5.11 Å². The Kier molecular flexibility index (Phi) is 3.90. The van der Waals surface area contributed by atoms with Gasteiger partial charge in [-0.15, -0.1) is 0 Å². The number of pyridine rings is 1. The van der Waals surface area contributed by atoms with Crippen LogP contribution in [0.5, 0.6) is 0 Å². The largest absolute Gasteiger partial charge is 0.392 e. The van der Waals surface area contributed by atoms with Crippen LogP contribution < -0.4 is 0 Å². The highest BCUT2D eigenvalue weighted by Crippen LogP contribution is 2.47. The predicted octanol–water partition coefficient (Wildman–Crippen LogP) is 3.87. The van der Waals surface area contributed by atoms with Crippen LogP contribution in [0.3, 0.4) is 0 Å². The highest BCUT2D eigenvalue weighted by molar-refractivity contribution is 9.10. The van der Waals surface area contributed by atoms with Crippen LogP contribution >= 0.6 is 15.9 Å². The summed E-state index contributed by atoms with van der Waals surface area (Å²) in [6.07, 6.45) is 7.25. The molecule has 0 aliphatic heterocycles. The van der Waals surface area contributed by atoms with E-state index in [1.54, 1.807) is 6.20 Å². The zero-order valence-electron chi connectivity index (χ0n) is 11.3. The molecule has 0 spiro atoms. The first kappa shape index (κ1) is 13.8. The Bertz CT molecular complexity index is 581. The molecule has 0 amide bonds. The van der Waals surface area contributed by atoms with E-state index in [2.05, 4.69) is 45.2 Å². The van der Waals surface area contributed by atoms with E-state index in [0.717, 1.165) is 22.9 Å². The Morgan fingerprint density at radius 2 is 1.95 bits per heavy atom. The third-order valence-corrected chi connectivity index (χ3v) is 4.86. The molecule has 2 aromatic rings. The summed E-state index contributed by atoms with van der Waals surface area (Å²) in [6.45, 7) is 0. The van der Waals surface area contributed by atoms with Crippen molar-refractivity contribution in [2.45, 2.75) is 37.2 Å². The molecule has 1 aliphatic carbocycles. The molecular weight excluding hydrogens is 314 g/mol. The molecule has 1 unspecified atom stereocenters. The lowest BCUT2D eigenvalue weighted by Gasteiger charge is -2.46. The van der Waals surface area contributed by atoms with Gasteiger partial charge in [-0.05, 0) is 46.0 Å². The zero-order chi connectivity index (χ0) is 14.0. The van der Waals surface area contributed by atoms with E-state index in [4.69, 9.17) is 0 Å². The van der Waals surface area contributed by atoms with Crippen molar-refractivity contribution in [2.75, 3.05) is 0 Å². The standard InChI is InChI=1S/C17H18BrNO/c18-15-9-13(11-19-12-15)10-16(20)17(7-4-8-17)14-5-2-1-3-6-14/h1-3,5-6,9,11-12,16,20H,4,7-8,10H2. The van der Waals surface area contributed by atoms with Crippen LogP contribution in [0.15, 0.2) is 53.3 Å². The minimum Gasteiger partial charge on any atom is -0.392 e. The van der Waals surface area contributed by atoms with Crippen molar-refractivity contribution in [3.8, 4) is 0 Å². The highest BCUT2D eigenvalue weighted by Gasteiger charge is 2.44. The number of aromatic nitrogens is 1. The maximum atomic E-state index is 10.8. The molecule has 0 saturated heterocycles. The molecule has 0 bridgehead atoms. The van der Waals surface area contributed by atoms with Gasteiger partial charge in [-0.3, -0.25) is 4.98 Å². The average Bonchev–Trinajstić information content (AvgIpc) is 2.38. The third kappa shape index (κ3) is 2.52. The lowest BCUT2D eigenvalue weighted by molar-refractivity contribution is 0.0285. The lowest BCUT2D eigenvalue weighted by atomic mass is 9.60. The Hall–Kier alpha value is -1.19. The van der Waals surface area contributed by atoms with E-state index in [-0.39, 0.29) is 11.5 Å². The molecule has 1 atom stereocenters. The Morgan fingerprint density at radius 3 is 2.55 bits per heavy atom. The topological polar surface area (TPSA) is 33.1 Å². The summed E-state index contributed by atoms with van der Waals surface area (Å²) in [5.74, 6) is 0. The fourth-order valence-electron chi connectivity index (χ4n) is 3.13. The predicted molar refractivity (Wildman–Crippen MR) is 83.6 cm³/mol. The van der Waals surface area contributed by atoms with Crippen LogP contribution in [-0.2, 0) is 11.8 Å². The van der Waals surface area contributed by atoms with Gasteiger partial charge in [-0.1, -0.05) is 36.8 Å². The van der Waals surface area contributed by atoms with Crippen LogP contribution in [0.4, 0.5) is 0 Å². The number of rotatable bonds is 4. The molecule has 1 aromatic carbocycles. The Balaban J connectivity index is 1.83. The van der Waals surface area contributed by atoms with Crippen molar-refractivity contribution in [3.63, 3.8) is 0 Å². The van der Waals surface area contributed by atoms with Gasteiger partial charge in [-0.2, -0.15) is 0 Å². The van der Waals surface area contributed by atoms with E-state index in [1.165, 1.54) is 12.0 Å². The number of aliphatic hydroxyl groups is 1. The number of hydrogen-bond acceptors (Lipinski definition) is 2. The highest BCUT2D eigenvalue weighted by atomic mass is 79.9. The second kappa shape index (κ2) is 5.66. The Morgan fingerprint density at radius 1 is 1.20 bits per heavy atom. The number of halogens is 1. The van der Waals surface area contributed by atoms with Gasteiger partial charge < -0.3 is 5.11 Å². The molecule has 1 fully saturated rings. The summed E-state index contributed by atoms with van der Waals surface area (Å²) in [7, 11) is 0. The smallest absolute Gasteiger partial charge is 0.0677 e. The minimum absolute atomic E-state index is 0.0659. The molecule has 3 rings (SSSR count). The maximum Gasteiger partial charge on any atom is 0.0677 e. The van der Waals surface area contributed by atoms with E-state index in [9.17, 15) is 5.11 Å². The SMILES string of the molecule is OC(Cc1cncc(Br)c1)C1(c2ccccc2)CCC1. The normalized spacial score (nSPS) is 18.3. The van der Waals surface area contributed by atoms with E-state index in [0.29, 0.717) is 6.42 Å². The molecule has 3 heteroatoms. The van der Waals surface area contributed by atoms with Crippen molar-refractivity contribution >= 4 is 15.9 Å². The van der Waals surface area contributed by atoms with Gasteiger partial charge in [0.2, 0.25) is 0 Å². The monoisotopic (exact) mass is 331 g/mol. The van der Waals surface area contributed by atoms with Crippen LogP contribution in [0.25, 0.3) is 0 Å². The molecular formula is C17H18BrNO. The van der Waals surface area contributed by atoms with E-state index in [1.807, 2.05) is 18.3 Å². The third-order valence-electron chi connectivity index (χ3n) is 4.42. The van der Waals surface area contributed by atoms with Crippen LogP contribution in [0, 0.1) is 0 Å². The number of aliphatic hydroxyl groups excluding tert-OH is 1. The fourth-order valence-corrected chi connectivity index (χ4v) is 3.54. The van der Waals surface area contributed by atoms with Crippen molar-refractivity contribution in [1.29, 1.82) is 0 Å². The summed E-state index contributed by atoms with van der Waals surface area (Å²) in [5, 5.41) is 10.8. The lowest BCUT2D eigenvalue weighted by Crippen LogP contribution is -2.46. The average molecular weight is 332 g/mol. The van der Waals surface area contributed by atoms with Gasteiger partial charge in [0.05, 0.1) is 6.10 Å². The van der Waals surface area contributed by atoms with Gasteiger partial charge in [0.15, 0.2) is 0 Å². The van der Waals surface area contributed by atoms with Crippen LogP contribution in [0.2, 0.25) is 0 Å². The summed E-state index contributed by atoms with van der Waals surface area (Å²) >= 11 is 3.43. The maximum absolute atomic E-state index is 10.8. The van der Waals surface area contributed by atoms with Gasteiger partial charge in [0.1, 0.15) is 0 Å². The molecule has 1 heterocycles. The summed E-state index contributed by atoms with van der Waals surface area (Å²) < 4.78 is 0.963. The first-order valence-electron chi connectivity index (χ1n) is 7.04. The van der Waals surface area contributed by atoms with E-state index < -0.39 is 0 Å². The van der Waals surface area contributed by atoms with Crippen molar-refractivity contribution in [1.82, 2.24) is 4.98 Å². The fraction of sp³-hybridized carbons (Fsp3) is 0.353. The first-order valence-corrected chi connectivity index (χ1v) is 7.83. The second-order valence-electron chi connectivity index (χ2n) is 5.61.